The first-order valence-electron chi connectivity index (χ1n) is 6.42. The Morgan fingerprint density at radius 2 is 2.16 bits per heavy atom. The van der Waals surface area contributed by atoms with E-state index >= 15 is 0 Å². The van der Waals surface area contributed by atoms with Gasteiger partial charge in [-0.1, -0.05) is 12.1 Å². The van der Waals surface area contributed by atoms with Crippen molar-refractivity contribution >= 4 is 5.96 Å². The molecule has 0 aliphatic carbocycles. The molecule has 0 aliphatic rings. The Morgan fingerprint density at radius 3 is 2.84 bits per heavy atom. The topological polar surface area (TPSA) is 68.9 Å². The Hall–Kier alpha value is -1.75. The second-order valence-corrected chi connectivity index (χ2v) is 4.18. The van der Waals surface area contributed by atoms with Gasteiger partial charge < -0.3 is 20.5 Å². The Kier molecular flexibility index (Phi) is 6.74. The fourth-order valence-corrected chi connectivity index (χ4v) is 1.57. The van der Waals surface area contributed by atoms with Crippen LogP contribution in [0.15, 0.2) is 23.2 Å². The maximum absolute atomic E-state index is 5.71. The Labute approximate surface area is 114 Å². The summed E-state index contributed by atoms with van der Waals surface area (Å²) in [5, 5.41) is 2.97. The van der Waals surface area contributed by atoms with Crippen molar-refractivity contribution in [3.63, 3.8) is 0 Å². The summed E-state index contributed by atoms with van der Waals surface area (Å²) in [5.74, 6) is 1.29. The van der Waals surface area contributed by atoms with Crippen molar-refractivity contribution < 1.29 is 9.47 Å². The molecule has 0 aromatic heterocycles. The van der Waals surface area contributed by atoms with E-state index in [1.54, 1.807) is 7.11 Å². The van der Waals surface area contributed by atoms with E-state index in [0.29, 0.717) is 25.7 Å². The normalized spacial score (nSPS) is 11.4. The van der Waals surface area contributed by atoms with Gasteiger partial charge in [-0.05, 0) is 25.5 Å². The second-order valence-electron chi connectivity index (χ2n) is 4.18. The van der Waals surface area contributed by atoms with E-state index in [4.69, 9.17) is 15.2 Å². The van der Waals surface area contributed by atoms with E-state index in [1.165, 1.54) is 0 Å². The smallest absolute Gasteiger partial charge is 0.188 e. The summed E-state index contributed by atoms with van der Waals surface area (Å²) in [6, 6.07) is 6.06. The first-order chi connectivity index (χ1) is 9.17. The van der Waals surface area contributed by atoms with E-state index in [0.717, 1.165) is 23.4 Å². The third kappa shape index (κ3) is 5.61. The van der Waals surface area contributed by atoms with Crippen molar-refractivity contribution in [3.8, 4) is 5.75 Å². The first kappa shape index (κ1) is 15.3. The fourth-order valence-electron chi connectivity index (χ4n) is 1.57. The van der Waals surface area contributed by atoms with Crippen LogP contribution in [-0.4, -0.2) is 32.8 Å². The van der Waals surface area contributed by atoms with Crippen LogP contribution < -0.4 is 15.8 Å². The van der Waals surface area contributed by atoms with Gasteiger partial charge in [0, 0.05) is 19.2 Å². The average Bonchev–Trinajstić information content (AvgIpc) is 2.38. The highest BCUT2D eigenvalue weighted by Gasteiger charge is 2.04. The zero-order chi connectivity index (χ0) is 14.1. The molecule has 1 rings (SSSR count). The quantitative estimate of drug-likeness (QED) is 0.445. The van der Waals surface area contributed by atoms with Crippen LogP contribution in [-0.2, 0) is 11.3 Å². The molecule has 0 saturated carbocycles. The molecule has 0 amide bonds. The zero-order valence-corrected chi connectivity index (χ0v) is 11.9. The molecule has 0 atom stereocenters. The number of ether oxygens (including phenoxy) is 2. The van der Waals surface area contributed by atoms with Crippen LogP contribution in [0.1, 0.15) is 18.1 Å². The van der Waals surface area contributed by atoms with Crippen molar-refractivity contribution in [2.45, 2.75) is 20.4 Å². The van der Waals surface area contributed by atoms with E-state index in [-0.39, 0.29) is 0 Å². The maximum atomic E-state index is 5.71. The second kappa shape index (κ2) is 8.37. The minimum atomic E-state index is 0.450. The SMILES string of the molecule is CCNC(N)=NCc1ccc(C)cc1OCCOC. The van der Waals surface area contributed by atoms with Crippen molar-refractivity contribution in [2.24, 2.45) is 10.7 Å². The number of hydrogen-bond donors (Lipinski definition) is 2. The number of aryl methyl sites for hydroxylation is 1. The molecule has 1 aromatic carbocycles. The lowest BCUT2D eigenvalue weighted by Gasteiger charge is -2.11. The zero-order valence-electron chi connectivity index (χ0n) is 11.9. The van der Waals surface area contributed by atoms with E-state index < -0.39 is 0 Å². The maximum Gasteiger partial charge on any atom is 0.188 e. The van der Waals surface area contributed by atoms with Crippen LogP contribution >= 0.6 is 0 Å². The number of guanidine groups is 1. The lowest BCUT2D eigenvalue weighted by atomic mass is 10.1. The summed E-state index contributed by atoms with van der Waals surface area (Å²) in [5.41, 5.74) is 7.88. The number of rotatable bonds is 7. The van der Waals surface area contributed by atoms with Gasteiger partial charge in [0.25, 0.3) is 0 Å². The minimum absolute atomic E-state index is 0.450. The number of methoxy groups -OCH3 is 1. The summed E-state index contributed by atoms with van der Waals surface area (Å²) in [7, 11) is 1.65. The molecule has 0 unspecified atom stereocenters. The summed E-state index contributed by atoms with van der Waals surface area (Å²) < 4.78 is 10.7. The van der Waals surface area contributed by atoms with Crippen LogP contribution in [0.5, 0.6) is 5.75 Å². The van der Waals surface area contributed by atoms with E-state index in [9.17, 15) is 0 Å². The molecule has 0 aliphatic heterocycles. The molecule has 0 saturated heterocycles. The molecule has 0 spiro atoms. The summed E-state index contributed by atoms with van der Waals surface area (Å²) in [4.78, 5) is 4.27. The summed E-state index contributed by atoms with van der Waals surface area (Å²) in [6.07, 6.45) is 0. The largest absolute Gasteiger partial charge is 0.491 e. The molecule has 5 heteroatoms. The molecule has 0 radical (unpaired) electrons. The number of hydrogen-bond acceptors (Lipinski definition) is 3. The average molecular weight is 265 g/mol. The Balaban J connectivity index is 2.72. The van der Waals surface area contributed by atoms with Gasteiger partial charge >= 0.3 is 0 Å². The highest BCUT2D eigenvalue weighted by molar-refractivity contribution is 5.77. The first-order valence-corrected chi connectivity index (χ1v) is 6.42. The van der Waals surface area contributed by atoms with Gasteiger partial charge in [-0.25, -0.2) is 4.99 Å². The Bertz CT molecular complexity index is 419. The van der Waals surface area contributed by atoms with Crippen LogP contribution in [0.2, 0.25) is 0 Å². The van der Waals surface area contributed by atoms with Gasteiger partial charge in [0.15, 0.2) is 5.96 Å². The standard InChI is InChI=1S/C14H23N3O2/c1-4-16-14(15)17-10-12-6-5-11(2)9-13(12)19-8-7-18-3/h5-6,9H,4,7-8,10H2,1-3H3,(H3,15,16,17). The van der Waals surface area contributed by atoms with Gasteiger partial charge in [0.05, 0.1) is 13.2 Å². The van der Waals surface area contributed by atoms with Crippen molar-refractivity contribution in [2.75, 3.05) is 26.9 Å². The van der Waals surface area contributed by atoms with Gasteiger partial charge in [-0.3, -0.25) is 0 Å². The van der Waals surface area contributed by atoms with Crippen molar-refractivity contribution in [3.05, 3.63) is 29.3 Å². The van der Waals surface area contributed by atoms with Crippen molar-refractivity contribution in [1.29, 1.82) is 0 Å². The third-order valence-electron chi connectivity index (χ3n) is 2.55. The monoisotopic (exact) mass is 265 g/mol. The molecule has 0 bridgehead atoms. The fraction of sp³-hybridized carbons (Fsp3) is 0.500. The number of benzene rings is 1. The van der Waals surface area contributed by atoms with Crippen molar-refractivity contribution in [1.82, 2.24) is 5.32 Å². The van der Waals surface area contributed by atoms with E-state index in [2.05, 4.69) is 10.3 Å². The number of nitrogens with zero attached hydrogens (tertiary/aromatic N) is 1. The highest BCUT2D eigenvalue weighted by Crippen LogP contribution is 2.21. The molecule has 19 heavy (non-hydrogen) atoms. The molecule has 3 N–H and O–H groups in total. The van der Waals surface area contributed by atoms with Gasteiger partial charge in [0.2, 0.25) is 0 Å². The predicted molar refractivity (Wildman–Crippen MR) is 77.6 cm³/mol. The molecule has 5 nitrogen and oxygen atoms in total. The number of nitrogens with two attached hydrogens (primary N) is 1. The molecule has 1 aromatic rings. The minimum Gasteiger partial charge on any atom is -0.491 e. The molecular weight excluding hydrogens is 242 g/mol. The summed E-state index contributed by atoms with van der Waals surface area (Å²) in [6.45, 7) is 6.37. The number of aliphatic imine (C=N–C) groups is 1. The molecule has 106 valence electrons. The van der Waals surface area contributed by atoms with Crippen LogP contribution in [0.25, 0.3) is 0 Å². The summed E-state index contributed by atoms with van der Waals surface area (Å²) >= 11 is 0. The van der Waals surface area contributed by atoms with Crippen LogP contribution in [0, 0.1) is 6.92 Å². The third-order valence-corrected chi connectivity index (χ3v) is 2.55. The molecule has 0 fully saturated rings. The lowest BCUT2D eigenvalue weighted by Crippen LogP contribution is -2.31. The van der Waals surface area contributed by atoms with Gasteiger partial charge in [-0.15, -0.1) is 0 Å². The lowest BCUT2D eigenvalue weighted by molar-refractivity contribution is 0.146. The number of nitrogens with one attached hydrogen (secondary N) is 1. The van der Waals surface area contributed by atoms with Gasteiger partial charge in [-0.2, -0.15) is 0 Å². The van der Waals surface area contributed by atoms with Crippen LogP contribution in [0.3, 0.4) is 0 Å². The predicted octanol–water partition coefficient (Wildman–Crippen LogP) is 1.44. The van der Waals surface area contributed by atoms with Crippen LogP contribution in [0.4, 0.5) is 0 Å². The van der Waals surface area contributed by atoms with Gasteiger partial charge in [0.1, 0.15) is 12.4 Å². The van der Waals surface area contributed by atoms with E-state index in [1.807, 2.05) is 32.0 Å². The molecule has 0 heterocycles. The molecular formula is C14H23N3O2. The highest BCUT2D eigenvalue weighted by atomic mass is 16.5. The Morgan fingerprint density at radius 1 is 1.37 bits per heavy atom.